The van der Waals surface area contributed by atoms with Crippen LogP contribution in [0.4, 0.5) is 5.69 Å². The van der Waals surface area contributed by atoms with Crippen LogP contribution < -0.4 is 10.5 Å². The quantitative estimate of drug-likeness (QED) is 0.395. The molecule has 0 spiro atoms. The Morgan fingerprint density at radius 2 is 2.19 bits per heavy atom. The number of rotatable bonds is 6. The minimum atomic E-state index is -2.46. The third-order valence-corrected chi connectivity index (χ3v) is 3.79. The van der Waals surface area contributed by atoms with Crippen LogP contribution in [0.15, 0.2) is 24.3 Å². The van der Waals surface area contributed by atoms with E-state index in [-0.39, 0.29) is 5.54 Å². The molecule has 4 N–H and O–H groups in total. The zero-order valence-corrected chi connectivity index (χ0v) is 10.6. The van der Waals surface area contributed by atoms with Crippen LogP contribution in [0.1, 0.15) is 19.8 Å². The molecule has 0 amide bonds. The summed E-state index contributed by atoms with van der Waals surface area (Å²) < 4.78 is 5.49. The summed E-state index contributed by atoms with van der Waals surface area (Å²) in [6, 6.07) is 7.29. The van der Waals surface area contributed by atoms with E-state index >= 15 is 0 Å². The highest BCUT2D eigenvalue weighted by atomic mass is 28.3. The Kier molecular flexibility index (Phi) is 5.31. The second-order valence-electron chi connectivity index (χ2n) is 3.95. The molecule has 0 aliphatic carbocycles. The summed E-state index contributed by atoms with van der Waals surface area (Å²) in [5.41, 5.74) is 6.31. The summed E-state index contributed by atoms with van der Waals surface area (Å²) in [6.07, 6.45) is 1.60. The molecule has 0 bridgehead atoms. The van der Waals surface area contributed by atoms with Crippen LogP contribution in [0.3, 0.4) is 0 Å². The average Bonchev–Trinajstić information content (AvgIpc) is 2.24. The molecule has 1 aromatic carbocycles. The van der Waals surface area contributed by atoms with Crippen molar-refractivity contribution in [3.05, 3.63) is 24.3 Å². The SMILES string of the molecule is CC(CCCOc1cccc(N)c1)[SiH](O)O. The lowest BCUT2D eigenvalue weighted by molar-refractivity contribution is 0.300. The molecule has 0 aliphatic heterocycles. The monoisotopic (exact) mass is 241 g/mol. The lowest BCUT2D eigenvalue weighted by atomic mass is 10.2. The van der Waals surface area contributed by atoms with Crippen LogP contribution in [-0.4, -0.2) is 25.5 Å². The Bertz CT molecular complexity index is 320. The summed E-state index contributed by atoms with van der Waals surface area (Å²) in [7, 11) is -2.46. The van der Waals surface area contributed by atoms with E-state index in [1.54, 1.807) is 6.07 Å². The van der Waals surface area contributed by atoms with Gasteiger partial charge in [0.05, 0.1) is 6.61 Å². The van der Waals surface area contributed by atoms with Gasteiger partial charge in [-0.05, 0) is 30.5 Å². The smallest absolute Gasteiger partial charge is 0.318 e. The Balaban J connectivity index is 2.21. The Labute approximate surface area is 97.5 Å². The van der Waals surface area contributed by atoms with Gasteiger partial charge in [0.15, 0.2) is 0 Å². The first-order valence-corrected chi connectivity index (χ1v) is 7.14. The van der Waals surface area contributed by atoms with Gasteiger partial charge in [-0.2, -0.15) is 0 Å². The molecule has 90 valence electrons. The minimum Gasteiger partial charge on any atom is -0.494 e. The van der Waals surface area contributed by atoms with Gasteiger partial charge >= 0.3 is 9.28 Å². The molecule has 1 unspecified atom stereocenters. The van der Waals surface area contributed by atoms with Gasteiger partial charge < -0.3 is 20.1 Å². The van der Waals surface area contributed by atoms with Crippen molar-refractivity contribution < 1.29 is 14.3 Å². The average molecular weight is 241 g/mol. The normalized spacial score (nSPS) is 12.8. The zero-order chi connectivity index (χ0) is 12.0. The number of hydrogen-bond donors (Lipinski definition) is 3. The van der Waals surface area contributed by atoms with E-state index in [0.717, 1.165) is 18.6 Å². The minimum absolute atomic E-state index is 0.0180. The van der Waals surface area contributed by atoms with Crippen LogP contribution in [0.25, 0.3) is 0 Å². The van der Waals surface area contributed by atoms with Crippen LogP contribution in [-0.2, 0) is 0 Å². The van der Waals surface area contributed by atoms with Gasteiger partial charge in [0.25, 0.3) is 0 Å². The Hall–Kier alpha value is -1.04. The highest BCUT2D eigenvalue weighted by molar-refractivity contribution is 6.42. The summed E-state index contributed by atoms with van der Waals surface area (Å²) in [5.74, 6) is 0.759. The Morgan fingerprint density at radius 1 is 1.44 bits per heavy atom. The van der Waals surface area contributed by atoms with Crippen molar-refractivity contribution in [3.8, 4) is 5.75 Å². The van der Waals surface area contributed by atoms with E-state index in [0.29, 0.717) is 12.3 Å². The van der Waals surface area contributed by atoms with E-state index in [4.69, 9.17) is 20.1 Å². The molecular weight excluding hydrogens is 222 g/mol. The van der Waals surface area contributed by atoms with E-state index in [2.05, 4.69) is 0 Å². The van der Waals surface area contributed by atoms with Crippen LogP contribution in [0.5, 0.6) is 5.75 Å². The van der Waals surface area contributed by atoms with E-state index in [9.17, 15) is 0 Å². The fourth-order valence-corrected chi connectivity index (χ4v) is 1.88. The zero-order valence-electron chi connectivity index (χ0n) is 9.47. The van der Waals surface area contributed by atoms with Gasteiger partial charge in [-0.1, -0.05) is 13.0 Å². The summed E-state index contributed by atoms with van der Waals surface area (Å²) >= 11 is 0. The van der Waals surface area contributed by atoms with Crippen molar-refractivity contribution in [2.75, 3.05) is 12.3 Å². The highest BCUT2D eigenvalue weighted by Gasteiger charge is 2.13. The van der Waals surface area contributed by atoms with Crippen LogP contribution in [0.2, 0.25) is 5.54 Å². The van der Waals surface area contributed by atoms with E-state index < -0.39 is 9.28 Å². The number of ether oxygens (including phenoxy) is 1. The third-order valence-electron chi connectivity index (χ3n) is 2.44. The molecule has 0 aliphatic rings. The molecule has 0 aromatic heterocycles. The molecule has 5 heteroatoms. The van der Waals surface area contributed by atoms with Gasteiger partial charge in [0.1, 0.15) is 5.75 Å². The van der Waals surface area contributed by atoms with Crippen molar-refractivity contribution >= 4 is 15.0 Å². The van der Waals surface area contributed by atoms with Gasteiger partial charge in [0.2, 0.25) is 0 Å². The van der Waals surface area contributed by atoms with Crippen molar-refractivity contribution in [2.24, 2.45) is 0 Å². The largest absolute Gasteiger partial charge is 0.494 e. The van der Waals surface area contributed by atoms with E-state index in [1.807, 2.05) is 25.1 Å². The molecule has 4 nitrogen and oxygen atoms in total. The van der Waals surface area contributed by atoms with E-state index in [1.165, 1.54) is 0 Å². The number of anilines is 1. The summed E-state index contributed by atoms with van der Waals surface area (Å²) in [5, 5.41) is 0. The van der Waals surface area contributed by atoms with Crippen LogP contribution >= 0.6 is 0 Å². The van der Waals surface area contributed by atoms with Crippen LogP contribution in [0, 0.1) is 0 Å². The Morgan fingerprint density at radius 3 is 2.81 bits per heavy atom. The molecule has 1 aromatic rings. The molecule has 1 rings (SSSR count). The van der Waals surface area contributed by atoms with Gasteiger partial charge in [-0.15, -0.1) is 0 Å². The second-order valence-corrected chi connectivity index (χ2v) is 5.92. The molecule has 0 saturated carbocycles. The third kappa shape index (κ3) is 4.65. The molecule has 1 atom stereocenters. The fraction of sp³-hybridized carbons (Fsp3) is 0.455. The molecule has 0 radical (unpaired) electrons. The number of nitrogen functional groups attached to an aromatic ring is 1. The number of nitrogens with two attached hydrogens (primary N) is 1. The predicted molar refractivity (Wildman–Crippen MR) is 66.6 cm³/mol. The first-order chi connectivity index (χ1) is 7.59. The van der Waals surface area contributed by atoms with Gasteiger partial charge in [-0.25, -0.2) is 0 Å². The topological polar surface area (TPSA) is 75.7 Å². The van der Waals surface area contributed by atoms with Gasteiger partial charge in [-0.3, -0.25) is 0 Å². The first-order valence-electron chi connectivity index (χ1n) is 5.44. The lowest BCUT2D eigenvalue weighted by Crippen LogP contribution is -2.18. The second kappa shape index (κ2) is 6.52. The molecule has 0 fully saturated rings. The maximum atomic E-state index is 9.01. The maximum Gasteiger partial charge on any atom is 0.318 e. The van der Waals surface area contributed by atoms with Crippen molar-refractivity contribution in [1.29, 1.82) is 0 Å². The van der Waals surface area contributed by atoms with Crippen molar-refractivity contribution in [2.45, 2.75) is 25.3 Å². The number of benzene rings is 1. The standard InChI is InChI=1S/C11H19NO3Si/c1-9(16(13)14)4-3-7-15-11-6-2-5-10(12)8-11/h2,5-6,8-9,13-14,16H,3-4,7,12H2,1H3. The molecule has 0 heterocycles. The molecule has 16 heavy (non-hydrogen) atoms. The fourth-order valence-electron chi connectivity index (χ4n) is 1.35. The lowest BCUT2D eigenvalue weighted by Gasteiger charge is -2.11. The summed E-state index contributed by atoms with van der Waals surface area (Å²) in [4.78, 5) is 18.0. The van der Waals surface area contributed by atoms with Gasteiger partial charge in [0, 0.05) is 11.8 Å². The predicted octanol–water partition coefficient (Wildman–Crippen LogP) is 1.02. The number of hydrogen-bond acceptors (Lipinski definition) is 4. The van der Waals surface area contributed by atoms with Crippen molar-refractivity contribution in [1.82, 2.24) is 0 Å². The highest BCUT2D eigenvalue weighted by Crippen LogP contribution is 2.17. The summed E-state index contributed by atoms with van der Waals surface area (Å²) in [6.45, 7) is 2.44. The first kappa shape index (κ1) is 13.0. The maximum absolute atomic E-state index is 9.01. The molecule has 0 saturated heterocycles. The molecular formula is C11H19NO3Si. The van der Waals surface area contributed by atoms with Crippen molar-refractivity contribution in [3.63, 3.8) is 0 Å².